The number of nitrogens with two attached hydrogens (primary N) is 1. The highest BCUT2D eigenvalue weighted by atomic mass is 19.1. The smallest absolute Gasteiger partial charge is 0.238 e. The van der Waals surface area contributed by atoms with E-state index in [4.69, 9.17) is 15.7 Å². The van der Waals surface area contributed by atoms with Gasteiger partial charge in [-0.2, -0.15) is 5.26 Å². The van der Waals surface area contributed by atoms with Gasteiger partial charge in [0.15, 0.2) is 6.10 Å². The van der Waals surface area contributed by atoms with Crippen molar-refractivity contribution in [2.45, 2.75) is 6.10 Å². The molecule has 1 aliphatic heterocycles. The van der Waals surface area contributed by atoms with Crippen molar-refractivity contribution in [3.8, 4) is 6.07 Å². The summed E-state index contributed by atoms with van der Waals surface area (Å²) in [5.74, 6) is -0.772. The number of hydrogen-bond acceptors (Lipinski definition) is 5. The summed E-state index contributed by atoms with van der Waals surface area (Å²) in [5.41, 5.74) is 6.21. The predicted molar refractivity (Wildman–Crippen MR) is 71.2 cm³/mol. The molecule has 0 spiro atoms. The summed E-state index contributed by atoms with van der Waals surface area (Å²) < 4.78 is 18.3. The van der Waals surface area contributed by atoms with E-state index >= 15 is 0 Å². The molecule has 1 atom stereocenters. The molecule has 20 heavy (non-hydrogen) atoms. The first-order valence-corrected chi connectivity index (χ1v) is 6.17. The molecule has 106 valence electrons. The number of ether oxygens (including phenoxy) is 1. The molecule has 1 amide bonds. The van der Waals surface area contributed by atoms with E-state index < -0.39 is 11.9 Å². The van der Waals surface area contributed by atoms with Crippen molar-refractivity contribution in [1.29, 1.82) is 5.26 Å². The number of nitrogen functional groups attached to an aromatic ring is 1. The summed E-state index contributed by atoms with van der Waals surface area (Å²) in [6.45, 7) is 1.47. The van der Waals surface area contributed by atoms with Crippen molar-refractivity contribution in [2.75, 3.05) is 37.3 Å². The highest BCUT2D eigenvalue weighted by Gasteiger charge is 2.21. The van der Waals surface area contributed by atoms with Gasteiger partial charge in [0.25, 0.3) is 0 Å². The van der Waals surface area contributed by atoms with Gasteiger partial charge in [0.2, 0.25) is 5.91 Å². The average molecular weight is 278 g/mol. The van der Waals surface area contributed by atoms with Crippen LogP contribution in [-0.2, 0) is 9.53 Å². The lowest BCUT2D eigenvalue weighted by Crippen LogP contribution is -2.45. The van der Waals surface area contributed by atoms with E-state index in [0.717, 1.165) is 0 Å². The molecule has 3 N–H and O–H groups in total. The lowest BCUT2D eigenvalue weighted by atomic mass is 10.2. The third-order valence-electron chi connectivity index (χ3n) is 2.95. The summed E-state index contributed by atoms with van der Waals surface area (Å²) in [4.78, 5) is 13.7. The minimum atomic E-state index is -0.518. The number of halogens is 1. The predicted octanol–water partition coefficient (Wildman–Crippen LogP) is 0.571. The molecule has 6 nitrogen and oxygen atoms in total. The number of benzene rings is 1. The van der Waals surface area contributed by atoms with Crippen molar-refractivity contribution in [3.05, 3.63) is 24.0 Å². The van der Waals surface area contributed by atoms with Crippen molar-refractivity contribution in [3.63, 3.8) is 0 Å². The molecule has 1 unspecified atom stereocenters. The Morgan fingerprint density at radius 1 is 1.65 bits per heavy atom. The Balaban J connectivity index is 1.92. The van der Waals surface area contributed by atoms with Crippen LogP contribution in [0.5, 0.6) is 0 Å². The van der Waals surface area contributed by atoms with Gasteiger partial charge in [0.1, 0.15) is 5.82 Å². The van der Waals surface area contributed by atoms with Crippen LogP contribution >= 0.6 is 0 Å². The Kier molecular flexibility index (Phi) is 4.50. The van der Waals surface area contributed by atoms with Crippen LogP contribution in [0.2, 0.25) is 0 Å². The third-order valence-corrected chi connectivity index (χ3v) is 2.95. The fourth-order valence-electron chi connectivity index (χ4n) is 1.95. The topological polar surface area (TPSA) is 91.4 Å². The molecule has 1 fully saturated rings. The molecule has 0 aliphatic carbocycles. The SMILES string of the molecule is N#CC1CN(CC(=O)Nc2cc(F)ccc2N)CCO1. The number of morpholine rings is 1. The first-order valence-electron chi connectivity index (χ1n) is 6.17. The summed E-state index contributed by atoms with van der Waals surface area (Å²) in [6.07, 6.45) is -0.518. The van der Waals surface area contributed by atoms with Crippen LogP contribution in [-0.4, -0.2) is 43.2 Å². The largest absolute Gasteiger partial charge is 0.397 e. The van der Waals surface area contributed by atoms with E-state index in [1.165, 1.54) is 18.2 Å². The molecule has 1 heterocycles. The number of nitrogens with one attached hydrogen (secondary N) is 1. The first-order chi connectivity index (χ1) is 9.58. The van der Waals surface area contributed by atoms with Gasteiger partial charge >= 0.3 is 0 Å². The number of amides is 1. The van der Waals surface area contributed by atoms with Gasteiger partial charge in [-0.1, -0.05) is 0 Å². The zero-order valence-electron chi connectivity index (χ0n) is 10.8. The van der Waals surface area contributed by atoms with Crippen molar-refractivity contribution in [1.82, 2.24) is 4.90 Å². The molecule has 1 aromatic carbocycles. The molecule has 0 aromatic heterocycles. The maximum atomic E-state index is 13.1. The third kappa shape index (κ3) is 3.66. The molecule has 1 saturated heterocycles. The maximum Gasteiger partial charge on any atom is 0.238 e. The number of carbonyl (C=O) groups excluding carboxylic acids is 1. The van der Waals surface area contributed by atoms with Crippen LogP contribution in [0, 0.1) is 17.1 Å². The number of nitrogens with zero attached hydrogens (tertiary/aromatic N) is 2. The lowest BCUT2D eigenvalue weighted by molar-refractivity contribution is -0.118. The first kappa shape index (κ1) is 14.2. The summed E-state index contributed by atoms with van der Waals surface area (Å²) in [6, 6.07) is 5.80. The molecular weight excluding hydrogens is 263 g/mol. The van der Waals surface area contributed by atoms with E-state index in [-0.39, 0.29) is 18.1 Å². The van der Waals surface area contributed by atoms with Crippen LogP contribution in [0.1, 0.15) is 0 Å². The fourth-order valence-corrected chi connectivity index (χ4v) is 1.95. The molecule has 2 rings (SSSR count). The molecule has 0 saturated carbocycles. The molecular formula is C13H15FN4O2. The number of hydrogen-bond donors (Lipinski definition) is 2. The highest BCUT2D eigenvalue weighted by Crippen LogP contribution is 2.19. The van der Waals surface area contributed by atoms with Gasteiger partial charge in [-0.3, -0.25) is 9.69 Å². The zero-order valence-corrected chi connectivity index (χ0v) is 10.8. The fraction of sp³-hybridized carbons (Fsp3) is 0.385. The Hall–Kier alpha value is -2.17. The van der Waals surface area contributed by atoms with Crippen LogP contribution in [0.4, 0.5) is 15.8 Å². The summed E-state index contributed by atoms with van der Waals surface area (Å²) in [7, 11) is 0. The lowest BCUT2D eigenvalue weighted by Gasteiger charge is -2.28. The Morgan fingerprint density at radius 2 is 2.45 bits per heavy atom. The molecule has 1 aromatic rings. The van der Waals surface area contributed by atoms with E-state index in [1.54, 1.807) is 0 Å². The Morgan fingerprint density at radius 3 is 3.20 bits per heavy atom. The quantitative estimate of drug-likeness (QED) is 0.789. The molecule has 0 bridgehead atoms. The monoisotopic (exact) mass is 278 g/mol. The van der Waals surface area contributed by atoms with Gasteiger partial charge in [0, 0.05) is 13.1 Å². The number of rotatable bonds is 3. The molecule has 7 heteroatoms. The normalized spacial score (nSPS) is 19.3. The second-order valence-electron chi connectivity index (χ2n) is 4.50. The van der Waals surface area contributed by atoms with Crippen LogP contribution < -0.4 is 11.1 Å². The van der Waals surface area contributed by atoms with E-state index in [9.17, 15) is 9.18 Å². The second-order valence-corrected chi connectivity index (χ2v) is 4.50. The van der Waals surface area contributed by atoms with Crippen molar-refractivity contribution in [2.24, 2.45) is 0 Å². The van der Waals surface area contributed by atoms with Crippen LogP contribution in [0.25, 0.3) is 0 Å². The van der Waals surface area contributed by atoms with Gasteiger partial charge in [-0.15, -0.1) is 0 Å². The van der Waals surface area contributed by atoms with Crippen LogP contribution in [0.15, 0.2) is 18.2 Å². The van der Waals surface area contributed by atoms with Crippen LogP contribution in [0.3, 0.4) is 0 Å². The number of anilines is 2. The second kappa shape index (κ2) is 6.32. The van der Waals surface area contributed by atoms with Gasteiger partial charge < -0.3 is 15.8 Å². The minimum absolute atomic E-state index is 0.109. The Labute approximate surface area is 115 Å². The molecule has 0 radical (unpaired) electrons. The average Bonchev–Trinajstić information content (AvgIpc) is 2.43. The molecule has 1 aliphatic rings. The number of nitriles is 1. The standard InChI is InChI=1S/C13H15FN4O2/c14-9-1-2-11(16)12(5-9)17-13(19)8-18-3-4-20-10(6-15)7-18/h1-2,5,10H,3-4,7-8,16H2,(H,17,19). The van der Waals surface area contributed by atoms with E-state index in [0.29, 0.717) is 25.4 Å². The van der Waals surface area contributed by atoms with Gasteiger partial charge in [-0.05, 0) is 18.2 Å². The van der Waals surface area contributed by atoms with Crippen molar-refractivity contribution >= 4 is 17.3 Å². The zero-order chi connectivity index (χ0) is 14.5. The number of carbonyl (C=O) groups is 1. The Bertz CT molecular complexity index is 544. The summed E-state index contributed by atoms with van der Waals surface area (Å²) >= 11 is 0. The maximum absolute atomic E-state index is 13.1. The summed E-state index contributed by atoms with van der Waals surface area (Å²) in [5, 5.41) is 11.3. The minimum Gasteiger partial charge on any atom is -0.397 e. The van der Waals surface area contributed by atoms with Crippen molar-refractivity contribution < 1.29 is 13.9 Å². The van der Waals surface area contributed by atoms with E-state index in [2.05, 4.69) is 5.32 Å². The highest BCUT2D eigenvalue weighted by molar-refractivity contribution is 5.95. The van der Waals surface area contributed by atoms with E-state index in [1.807, 2.05) is 11.0 Å². The van der Waals surface area contributed by atoms with Gasteiger partial charge in [0.05, 0.1) is 30.6 Å². The van der Waals surface area contributed by atoms with Gasteiger partial charge in [-0.25, -0.2) is 4.39 Å².